The van der Waals surface area contributed by atoms with Crippen molar-refractivity contribution in [2.45, 2.75) is 12.8 Å². The monoisotopic (exact) mass is 287 g/mol. The maximum atomic E-state index is 12.9. The smallest absolute Gasteiger partial charge is 0.271 e. The van der Waals surface area contributed by atoms with E-state index in [1.54, 1.807) is 0 Å². The van der Waals surface area contributed by atoms with Crippen LogP contribution in [0.2, 0.25) is 0 Å². The highest BCUT2D eigenvalue weighted by Crippen LogP contribution is 2.21. The lowest BCUT2D eigenvalue weighted by atomic mass is 10.2. The zero-order valence-electron chi connectivity index (χ0n) is 8.58. The minimum atomic E-state index is -0.372. The van der Waals surface area contributed by atoms with E-state index in [-0.39, 0.29) is 11.7 Å². The average molecular weight is 288 g/mol. The normalized spacial score (nSPS) is 16.2. The summed E-state index contributed by atoms with van der Waals surface area (Å²) >= 11 is 3.17. The zero-order chi connectivity index (χ0) is 11.5. The summed E-state index contributed by atoms with van der Waals surface area (Å²) in [5.41, 5.74) is 0.420. The molecule has 16 heavy (non-hydrogen) atoms. The van der Waals surface area contributed by atoms with Crippen LogP contribution in [0.4, 0.5) is 4.39 Å². The van der Waals surface area contributed by atoms with Crippen LogP contribution in [0.25, 0.3) is 0 Å². The van der Waals surface area contributed by atoms with E-state index in [2.05, 4.69) is 15.9 Å². The Balaban J connectivity index is 2.19. The molecule has 1 amide bonds. The Morgan fingerprint density at radius 3 is 2.88 bits per heavy atom. The van der Waals surface area contributed by atoms with Crippen molar-refractivity contribution in [2.24, 2.45) is 0 Å². The fourth-order valence-electron chi connectivity index (χ4n) is 1.55. The number of benzene rings is 1. The lowest BCUT2D eigenvalue weighted by Crippen LogP contribution is -2.35. The summed E-state index contributed by atoms with van der Waals surface area (Å²) in [6.07, 6.45) is 1.90. The molecule has 1 aliphatic rings. The Hall–Kier alpha value is -0.940. The molecule has 5 heteroatoms. The lowest BCUT2D eigenvalue weighted by molar-refractivity contribution is -0.144. The SMILES string of the molecule is O=C(c1ccc(F)cc1Br)N1CCCCO1. The molecule has 0 aromatic heterocycles. The van der Waals surface area contributed by atoms with E-state index >= 15 is 0 Å². The maximum absolute atomic E-state index is 12.9. The number of amides is 1. The first-order valence-electron chi connectivity index (χ1n) is 5.08. The van der Waals surface area contributed by atoms with Gasteiger partial charge >= 0.3 is 0 Å². The van der Waals surface area contributed by atoms with Crippen LogP contribution in [0, 0.1) is 5.82 Å². The van der Waals surface area contributed by atoms with Crippen molar-refractivity contribution in [1.82, 2.24) is 5.06 Å². The molecule has 0 unspecified atom stereocenters. The fraction of sp³-hybridized carbons (Fsp3) is 0.364. The first kappa shape index (κ1) is 11.5. The van der Waals surface area contributed by atoms with E-state index in [1.165, 1.54) is 23.3 Å². The van der Waals surface area contributed by atoms with Gasteiger partial charge in [-0.05, 0) is 47.0 Å². The first-order chi connectivity index (χ1) is 7.68. The third-order valence-electron chi connectivity index (χ3n) is 2.39. The number of rotatable bonds is 1. The molecule has 1 aromatic carbocycles. The molecule has 0 bridgehead atoms. The van der Waals surface area contributed by atoms with E-state index in [9.17, 15) is 9.18 Å². The highest BCUT2D eigenvalue weighted by atomic mass is 79.9. The minimum absolute atomic E-state index is 0.230. The van der Waals surface area contributed by atoms with Crippen molar-refractivity contribution < 1.29 is 14.0 Å². The van der Waals surface area contributed by atoms with E-state index < -0.39 is 0 Å². The number of carbonyl (C=O) groups excluding carboxylic acids is 1. The summed E-state index contributed by atoms with van der Waals surface area (Å²) in [4.78, 5) is 17.2. The average Bonchev–Trinajstić information content (AvgIpc) is 2.29. The molecule has 0 atom stereocenters. The summed E-state index contributed by atoms with van der Waals surface area (Å²) in [6, 6.07) is 4.00. The second-order valence-electron chi connectivity index (χ2n) is 3.57. The van der Waals surface area contributed by atoms with Crippen LogP contribution >= 0.6 is 15.9 Å². The number of halogens is 2. The molecular formula is C11H11BrFNO2. The third kappa shape index (κ3) is 2.41. The minimum Gasteiger partial charge on any atom is -0.271 e. The standard InChI is InChI=1S/C11H11BrFNO2/c12-10-7-8(13)3-4-9(10)11(15)14-5-1-2-6-16-14/h3-4,7H,1-2,5-6H2. The van der Waals surface area contributed by atoms with Gasteiger partial charge in [-0.25, -0.2) is 9.45 Å². The summed E-state index contributed by atoms with van der Waals surface area (Å²) < 4.78 is 13.3. The molecule has 0 N–H and O–H groups in total. The van der Waals surface area contributed by atoms with E-state index in [0.29, 0.717) is 23.2 Å². The zero-order valence-corrected chi connectivity index (χ0v) is 10.2. The highest BCUT2D eigenvalue weighted by molar-refractivity contribution is 9.10. The Morgan fingerprint density at radius 1 is 1.44 bits per heavy atom. The molecule has 1 aliphatic heterocycles. The Bertz CT molecular complexity index is 405. The van der Waals surface area contributed by atoms with Gasteiger partial charge in [0.25, 0.3) is 5.91 Å². The van der Waals surface area contributed by atoms with Gasteiger partial charge in [-0.2, -0.15) is 0 Å². The second kappa shape index (κ2) is 4.93. The molecule has 1 aromatic rings. The van der Waals surface area contributed by atoms with Crippen molar-refractivity contribution in [3.05, 3.63) is 34.1 Å². The van der Waals surface area contributed by atoms with Crippen molar-refractivity contribution in [2.75, 3.05) is 13.2 Å². The van der Waals surface area contributed by atoms with Crippen LogP contribution in [0.15, 0.2) is 22.7 Å². The number of carbonyl (C=O) groups is 1. The van der Waals surface area contributed by atoms with E-state index in [0.717, 1.165) is 12.8 Å². The molecule has 1 heterocycles. The van der Waals surface area contributed by atoms with Gasteiger partial charge in [0.1, 0.15) is 5.82 Å². The largest absolute Gasteiger partial charge is 0.278 e. The topological polar surface area (TPSA) is 29.5 Å². The molecular weight excluding hydrogens is 277 g/mol. The number of hydrogen-bond acceptors (Lipinski definition) is 2. The van der Waals surface area contributed by atoms with Crippen molar-refractivity contribution >= 4 is 21.8 Å². The molecule has 1 fully saturated rings. The number of hydroxylamine groups is 2. The lowest BCUT2D eigenvalue weighted by Gasteiger charge is -2.26. The molecule has 0 radical (unpaired) electrons. The van der Waals surface area contributed by atoms with Gasteiger partial charge in [0.2, 0.25) is 0 Å². The van der Waals surface area contributed by atoms with E-state index in [1.807, 2.05) is 0 Å². The Kier molecular flexibility index (Phi) is 3.56. The molecule has 1 saturated heterocycles. The predicted molar refractivity (Wildman–Crippen MR) is 60.3 cm³/mol. The van der Waals surface area contributed by atoms with Gasteiger partial charge in [0.05, 0.1) is 12.2 Å². The fourth-order valence-corrected chi connectivity index (χ4v) is 2.07. The highest BCUT2D eigenvalue weighted by Gasteiger charge is 2.21. The van der Waals surface area contributed by atoms with Crippen LogP contribution in [-0.4, -0.2) is 24.1 Å². The molecule has 86 valence electrons. The van der Waals surface area contributed by atoms with Crippen molar-refractivity contribution in [3.8, 4) is 0 Å². The van der Waals surface area contributed by atoms with Gasteiger partial charge < -0.3 is 0 Å². The van der Waals surface area contributed by atoms with Crippen LogP contribution in [0.3, 0.4) is 0 Å². The molecule has 0 aliphatic carbocycles. The number of nitrogens with zero attached hydrogens (tertiary/aromatic N) is 1. The van der Waals surface area contributed by atoms with Gasteiger partial charge in [-0.1, -0.05) is 0 Å². The van der Waals surface area contributed by atoms with Crippen LogP contribution in [-0.2, 0) is 4.84 Å². The molecule has 3 nitrogen and oxygen atoms in total. The third-order valence-corrected chi connectivity index (χ3v) is 3.05. The molecule has 2 rings (SSSR count). The van der Waals surface area contributed by atoms with Crippen LogP contribution in [0.5, 0.6) is 0 Å². The predicted octanol–water partition coefficient (Wildman–Crippen LogP) is 2.76. The van der Waals surface area contributed by atoms with Gasteiger partial charge in [-0.15, -0.1) is 0 Å². The van der Waals surface area contributed by atoms with Crippen LogP contribution in [0.1, 0.15) is 23.2 Å². The van der Waals surface area contributed by atoms with Gasteiger partial charge in [-0.3, -0.25) is 9.63 Å². The first-order valence-corrected chi connectivity index (χ1v) is 5.87. The Morgan fingerprint density at radius 2 is 2.25 bits per heavy atom. The summed E-state index contributed by atoms with van der Waals surface area (Å²) in [7, 11) is 0. The van der Waals surface area contributed by atoms with Gasteiger partial charge in [0.15, 0.2) is 0 Å². The summed E-state index contributed by atoms with van der Waals surface area (Å²) in [5.74, 6) is -0.602. The second-order valence-corrected chi connectivity index (χ2v) is 4.43. The van der Waals surface area contributed by atoms with Gasteiger partial charge in [0, 0.05) is 11.0 Å². The van der Waals surface area contributed by atoms with Crippen LogP contribution < -0.4 is 0 Å². The summed E-state index contributed by atoms with van der Waals surface area (Å²) in [5, 5.41) is 1.33. The summed E-state index contributed by atoms with van der Waals surface area (Å²) in [6.45, 7) is 1.15. The van der Waals surface area contributed by atoms with E-state index in [4.69, 9.17) is 4.84 Å². The van der Waals surface area contributed by atoms with Crippen molar-refractivity contribution in [3.63, 3.8) is 0 Å². The molecule has 0 spiro atoms. The maximum Gasteiger partial charge on any atom is 0.278 e. The number of hydrogen-bond donors (Lipinski definition) is 0. The Labute approximate surface area is 101 Å². The quantitative estimate of drug-likeness (QED) is 0.795. The molecule has 0 saturated carbocycles. The van der Waals surface area contributed by atoms with Crippen molar-refractivity contribution in [1.29, 1.82) is 0 Å².